The molecule has 5 nitrogen and oxygen atoms in total. The topological polar surface area (TPSA) is 89.6 Å². The molecule has 1 heterocycles. The average molecular weight is 186 g/mol. The molecule has 0 aliphatic carbocycles. The van der Waals surface area contributed by atoms with E-state index in [0.717, 1.165) is 0 Å². The van der Waals surface area contributed by atoms with Gasteiger partial charge in [-0.1, -0.05) is 0 Å². The summed E-state index contributed by atoms with van der Waals surface area (Å²) >= 11 is 0. The predicted molar refractivity (Wildman–Crippen MR) is 47.8 cm³/mol. The van der Waals surface area contributed by atoms with Crippen LogP contribution in [0.15, 0.2) is 18.3 Å². The van der Waals surface area contributed by atoms with Crippen molar-refractivity contribution >= 4 is 11.7 Å². The van der Waals surface area contributed by atoms with Gasteiger partial charge in [0.2, 0.25) is 5.91 Å². The zero-order valence-corrected chi connectivity index (χ0v) is 7.19. The van der Waals surface area contributed by atoms with Crippen LogP contribution in [0.2, 0.25) is 0 Å². The van der Waals surface area contributed by atoms with Crippen molar-refractivity contribution in [2.24, 2.45) is 0 Å². The maximum absolute atomic E-state index is 11.0. The maximum atomic E-state index is 11.0. The molecule has 1 rings (SSSR count). The molecule has 0 aliphatic rings. The molecule has 1 aromatic rings. The van der Waals surface area contributed by atoms with Gasteiger partial charge in [-0.2, -0.15) is 10.5 Å². The molecule has 0 radical (unpaired) electrons. The summed E-state index contributed by atoms with van der Waals surface area (Å²) in [7, 11) is 0. The summed E-state index contributed by atoms with van der Waals surface area (Å²) in [5.74, 6) is -0.280. The van der Waals surface area contributed by atoms with Gasteiger partial charge < -0.3 is 5.32 Å². The van der Waals surface area contributed by atoms with Crippen molar-refractivity contribution in [1.82, 2.24) is 4.98 Å². The van der Waals surface area contributed by atoms with Crippen molar-refractivity contribution in [2.75, 3.05) is 5.32 Å². The number of nitrogens with one attached hydrogen (secondary N) is 1. The molecule has 0 saturated carbocycles. The second-order valence-electron chi connectivity index (χ2n) is 2.39. The molecule has 1 N–H and O–H groups in total. The minimum atomic E-state index is -0.470. The van der Waals surface area contributed by atoms with Crippen molar-refractivity contribution < 1.29 is 4.79 Å². The number of nitrogens with zero attached hydrogens (tertiary/aromatic N) is 3. The summed E-state index contributed by atoms with van der Waals surface area (Å²) in [5, 5.41) is 19.3. The Balaban J connectivity index is 2.83. The van der Waals surface area contributed by atoms with Gasteiger partial charge in [-0.3, -0.25) is 4.79 Å². The Labute approximate surface area is 80.6 Å². The van der Waals surface area contributed by atoms with Crippen LogP contribution in [-0.4, -0.2) is 10.9 Å². The van der Waals surface area contributed by atoms with Gasteiger partial charge in [-0.15, -0.1) is 0 Å². The Kier molecular flexibility index (Phi) is 3.17. The highest BCUT2D eigenvalue weighted by Crippen LogP contribution is 2.09. The van der Waals surface area contributed by atoms with E-state index in [1.54, 1.807) is 12.1 Å². The molecule has 0 spiro atoms. The molecule has 0 unspecified atom stereocenters. The van der Waals surface area contributed by atoms with E-state index in [0.29, 0.717) is 0 Å². The van der Waals surface area contributed by atoms with Gasteiger partial charge in [0.15, 0.2) is 0 Å². The third-order valence-corrected chi connectivity index (χ3v) is 1.43. The van der Waals surface area contributed by atoms with Crippen LogP contribution in [0, 0.1) is 22.7 Å². The van der Waals surface area contributed by atoms with Crippen molar-refractivity contribution in [3.8, 4) is 12.1 Å². The third kappa shape index (κ3) is 2.29. The molecule has 0 fully saturated rings. The fraction of sp³-hybridized carbons (Fsp3) is 0.111. The number of carbonyl (C=O) groups excluding carboxylic acids is 1. The average Bonchev–Trinajstić information content (AvgIpc) is 2.19. The number of aromatic nitrogens is 1. The lowest BCUT2D eigenvalue weighted by molar-refractivity contribution is -0.115. The summed E-state index contributed by atoms with van der Waals surface area (Å²) in [4.78, 5) is 14.8. The minimum Gasteiger partial charge on any atom is -0.309 e. The Morgan fingerprint density at radius 3 is 3.00 bits per heavy atom. The van der Waals surface area contributed by atoms with Gasteiger partial charge in [0, 0.05) is 6.20 Å². The van der Waals surface area contributed by atoms with Crippen LogP contribution in [0.25, 0.3) is 0 Å². The smallest absolute Gasteiger partial charge is 0.239 e. The van der Waals surface area contributed by atoms with Gasteiger partial charge in [0.05, 0.1) is 11.6 Å². The van der Waals surface area contributed by atoms with Crippen LogP contribution in [0.3, 0.4) is 0 Å². The Morgan fingerprint density at radius 1 is 1.57 bits per heavy atom. The van der Waals surface area contributed by atoms with Crippen molar-refractivity contribution in [3.05, 3.63) is 23.9 Å². The van der Waals surface area contributed by atoms with E-state index in [2.05, 4.69) is 10.3 Å². The first-order valence-corrected chi connectivity index (χ1v) is 3.80. The number of anilines is 1. The lowest BCUT2D eigenvalue weighted by Gasteiger charge is -2.02. The van der Waals surface area contributed by atoms with E-state index in [1.165, 1.54) is 12.3 Å². The molecule has 0 aromatic carbocycles. The molecule has 0 atom stereocenters. The summed E-state index contributed by atoms with van der Waals surface area (Å²) in [6, 6.07) is 6.72. The maximum Gasteiger partial charge on any atom is 0.239 e. The first kappa shape index (κ1) is 9.69. The predicted octanol–water partition coefficient (Wildman–Crippen LogP) is 0.805. The van der Waals surface area contributed by atoms with Crippen LogP contribution >= 0.6 is 0 Å². The Bertz CT molecular complexity index is 427. The minimum absolute atomic E-state index is 0.190. The van der Waals surface area contributed by atoms with Crippen molar-refractivity contribution in [2.45, 2.75) is 6.42 Å². The normalized spacial score (nSPS) is 8.43. The highest BCUT2D eigenvalue weighted by Gasteiger charge is 2.06. The molecule has 68 valence electrons. The summed E-state index contributed by atoms with van der Waals surface area (Å²) in [6.07, 6.45) is 1.21. The first-order chi connectivity index (χ1) is 6.77. The SMILES string of the molecule is N#CCC(=O)Nc1ncccc1C#N. The second-order valence-corrected chi connectivity index (χ2v) is 2.39. The van der Waals surface area contributed by atoms with Gasteiger partial charge in [-0.25, -0.2) is 4.98 Å². The fourth-order valence-electron chi connectivity index (χ4n) is 0.843. The largest absolute Gasteiger partial charge is 0.309 e. The van der Waals surface area contributed by atoms with Crippen molar-refractivity contribution in [1.29, 1.82) is 10.5 Å². The number of hydrogen-bond donors (Lipinski definition) is 1. The number of rotatable bonds is 2. The van der Waals surface area contributed by atoms with Gasteiger partial charge in [0.25, 0.3) is 0 Å². The van der Waals surface area contributed by atoms with E-state index in [9.17, 15) is 4.79 Å². The molecule has 5 heteroatoms. The third-order valence-electron chi connectivity index (χ3n) is 1.43. The van der Waals surface area contributed by atoms with Gasteiger partial charge in [0.1, 0.15) is 18.3 Å². The van der Waals surface area contributed by atoms with Crippen LogP contribution in [-0.2, 0) is 4.79 Å². The van der Waals surface area contributed by atoms with Gasteiger partial charge in [-0.05, 0) is 12.1 Å². The number of amides is 1. The fourth-order valence-corrected chi connectivity index (χ4v) is 0.843. The standard InChI is InChI=1S/C9H6N4O/c10-4-3-8(14)13-9-7(6-11)2-1-5-12-9/h1-2,5H,3H2,(H,12,13,14). The number of hydrogen-bond acceptors (Lipinski definition) is 4. The number of carbonyl (C=O) groups is 1. The van der Waals surface area contributed by atoms with Crippen LogP contribution < -0.4 is 5.32 Å². The molecular weight excluding hydrogens is 180 g/mol. The molecule has 0 saturated heterocycles. The molecule has 14 heavy (non-hydrogen) atoms. The summed E-state index contributed by atoms with van der Waals surface area (Å²) in [6.45, 7) is 0. The number of pyridine rings is 1. The van der Waals surface area contributed by atoms with E-state index in [4.69, 9.17) is 10.5 Å². The van der Waals surface area contributed by atoms with Crippen LogP contribution in [0.4, 0.5) is 5.82 Å². The molecule has 1 aromatic heterocycles. The highest BCUT2D eigenvalue weighted by atomic mass is 16.1. The lowest BCUT2D eigenvalue weighted by atomic mass is 10.3. The van der Waals surface area contributed by atoms with Gasteiger partial charge >= 0.3 is 0 Å². The zero-order valence-electron chi connectivity index (χ0n) is 7.19. The second kappa shape index (κ2) is 4.58. The van der Waals surface area contributed by atoms with E-state index < -0.39 is 5.91 Å². The molecule has 0 aliphatic heterocycles. The molecule has 1 amide bonds. The summed E-state index contributed by atoms with van der Waals surface area (Å²) in [5.41, 5.74) is 0.277. The highest BCUT2D eigenvalue weighted by molar-refractivity contribution is 5.92. The van der Waals surface area contributed by atoms with Crippen molar-refractivity contribution in [3.63, 3.8) is 0 Å². The lowest BCUT2D eigenvalue weighted by Crippen LogP contribution is -2.12. The van der Waals surface area contributed by atoms with Crippen LogP contribution in [0.5, 0.6) is 0 Å². The van der Waals surface area contributed by atoms with Crippen LogP contribution in [0.1, 0.15) is 12.0 Å². The van der Waals surface area contributed by atoms with E-state index in [1.807, 2.05) is 6.07 Å². The van der Waals surface area contributed by atoms with E-state index in [-0.39, 0.29) is 17.8 Å². The number of nitriles is 2. The molecule has 0 bridgehead atoms. The summed E-state index contributed by atoms with van der Waals surface area (Å²) < 4.78 is 0. The Morgan fingerprint density at radius 2 is 2.36 bits per heavy atom. The van der Waals surface area contributed by atoms with E-state index >= 15 is 0 Å². The zero-order chi connectivity index (χ0) is 10.4. The molecular formula is C9H6N4O. The quantitative estimate of drug-likeness (QED) is 0.739. The first-order valence-electron chi connectivity index (χ1n) is 3.80. The Hall–Kier alpha value is -2.40. The monoisotopic (exact) mass is 186 g/mol.